The molecule has 0 spiro atoms. The number of nitrogens with one attached hydrogen (secondary N) is 1. The summed E-state index contributed by atoms with van der Waals surface area (Å²) in [5.74, 6) is 0. The number of carbonyl (C=O) groups excluding carboxylic acids is 1. The third kappa shape index (κ3) is 6.24. The van der Waals surface area contributed by atoms with Crippen molar-refractivity contribution in [2.24, 2.45) is 0 Å². The molecule has 0 unspecified atom stereocenters. The van der Waals surface area contributed by atoms with E-state index < -0.39 is 0 Å². The van der Waals surface area contributed by atoms with Gasteiger partial charge in [0, 0.05) is 5.69 Å². The number of para-hydroxylation sites is 1. The van der Waals surface area contributed by atoms with Gasteiger partial charge in [-0.05, 0) is 30.5 Å². The van der Waals surface area contributed by atoms with E-state index in [2.05, 4.69) is 19.2 Å². The predicted octanol–water partition coefficient (Wildman–Crippen LogP) is 5.62. The summed E-state index contributed by atoms with van der Waals surface area (Å²) in [6, 6.07) is 19.3. The molecular formula is C21H28N2O2. The number of hydrogen-bond donors (Lipinski definition) is 1. The van der Waals surface area contributed by atoms with Crippen LogP contribution in [0.1, 0.15) is 45.1 Å². The molecule has 0 aromatic heterocycles. The molecular weight excluding hydrogens is 312 g/mol. The van der Waals surface area contributed by atoms with E-state index in [4.69, 9.17) is 4.84 Å². The van der Waals surface area contributed by atoms with E-state index in [9.17, 15) is 4.79 Å². The molecule has 0 radical (unpaired) electrons. The fourth-order valence-corrected chi connectivity index (χ4v) is 2.79. The lowest BCUT2D eigenvalue weighted by atomic mass is 10.1. The topological polar surface area (TPSA) is 41.6 Å². The van der Waals surface area contributed by atoms with Crippen molar-refractivity contribution in [3.05, 3.63) is 66.2 Å². The maximum absolute atomic E-state index is 12.8. The van der Waals surface area contributed by atoms with Gasteiger partial charge in [-0.15, -0.1) is 0 Å². The van der Waals surface area contributed by atoms with Crippen molar-refractivity contribution in [2.75, 3.05) is 5.32 Å². The lowest BCUT2D eigenvalue weighted by Crippen LogP contribution is -2.42. The van der Waals surface area contributed by atoms with Crippen LogP contribution in [0.3, 0.4) is 0 Å². The molecule has 0 atom stereocenters. The minimum Gasteiger partial charge on any atom is -0.306 e. The number of rotatable bonds is 9. The highest BCUT2D eigenvalue weighted by Gasteiger charge is 2.24. The van der Waals surface area contributed by atoms with Gasteiger partial charge in [-0.3, -0.25) is 4.84 Å². The van der Waals surface area contributed by atoms with Gasteiger partial charge in [0.05, 0.1) is 6.04 Å². The minimum absolute atomic E-state index is 0.0717. The maximum atomic E-state index is 12.8. The second kappa shape index (κ2) is 10.5. The molecule has 4 nitrogen and oxygen atoms in total. The van der Waals surface area contributed by atoms with E-state index in [1.807, 2.05) is 60.7 Å². The molecule has 25 heavy (non-hydrogen) atoms. The van der Waals surface area contributed by atoms with Gasteiger partial charge in [-0.25, -0.2) is 4.79 Å². The molecule has 2 aromatic rings. The van der Waals surface area contributed by atoms with Crippen molar-refractivity contribution in [1.82, 2.24) is 5.06 Å². The van der Waals surface area contributed by atoms with Gasteiger partial charge in [-0.2, -0.15) is 5.06 Å². The van der Waals surface area contributed by atoms with Crippen molar-refractivity contribution >= 4 is 11.7 Å². The highest BCUT2D eigenvalue weighted by atomic mass is 16.7. The van der Waals surface area contributed by atoms with E-state index in [1.165, 1.54) is 5.06 Å². The van der Waals surface area contributed by atoms with E-state index >= 15 is 0 Å². The molecule has 0 aliphatic rings. The van der Waals surface area contributed by atoms with Crippen LogP contribution in [-0.4, -0.2) is 17.1 Å². The molecule has 2 aromatic carbocycles. The Hall–Kier alpha value is -2.33. The van der Waals surface area contributed by atoms with Crippen LogP contribution in [0.5, 0.6) is 0 Å². The van der Waals surface area contributed by atoms with Crippen LogP contribution in [0, 0.1) is 0 Å². The van der Waals surface area contributed by atoms with Gasteiger partial charge >= 0.3 is 6.03 Å². The van der Waals surface area contributed by atoms with Gasteiger partial charge in [0.2, 0.25) is 0 Å². The first-order chi connectivity index (χ1) is 12.2. The molecule has 0 bridgehead atoms. The van der Waals surface area contributed by atoms with Gasteiger partial charge in [0.25, 0.3) is 0 Å². The second-order valence-corrected chi connectivity index (χ2v) is 6.11. The van der Waals surface area contributed by atoms with E-state index in [-0.39, 0.29) is 12.1 Å². The SMILES string of the molecule is CCCC(CCC)N(OCc1ccccc1)C(=O)Nc1ccccc1. The minimum atomic E-state index is -0.214. The number of anilines is 1. The highest BCUT2D eigenvalue weighted by molar-refractivity contribution is 5.88. The Morgan fingerprint density at radius 2 is 1.52 bits per heavy atom. The van der Waals surface area contributed by atoms with Crippen LogP contribution < -0.4 is 5.32 Å². The third-order valence-corrected chi connectivity index (χ3v) is 4.01. The molecule has 0 fully saturated rings. The maximum Gasteiger partial charge on any atom is 0.346 e. The second-order valence-electron chi connectivity index (χ2n) is 6.11. The molecule has 0 aliphatic heterocycles. The fraction of sp³-hybridized carbons (Fsp3) is 0.381. The zero-order valence-corrected chi connectivity index (χ0v) is 15.2. The van der Waals surface area contributed by atoms with Crippen LogP contribution in [0.25, 0.3) is 0 Å². The number of hydroxylamine groups is 2. The lowest BCUT2D eigenvalue weighted by Gasteiger charge is -2.30. The Morgan fingerprint density at radius 1 is 0.960 bits per heavy atom. The summed E-state index contributed by atoms with van der Waals surface area (Å²) in [6.45, 7) is 4.65. The average Bonchev–Trinajstić information content (AvgIpc) is 2.64. The van der Waals surface area contributed by atoms with Crippen LogP contribution in [-0.2, 0) is 11.4 Å². The van der Waals surface area contributed by atoms with Gasteiger partial charge < -0.3 is 5.32 Å². The van der Waals surface area contributed by atoms with Crippen molar-refractivity contribution < 1.29 is 9.63 Å². The summed E-state index contributed by atoms with van der Waals surface area (Å²) in [5, 5.41) is 4.47. The quantitative estimate of drug-likeness (QED) is 0.602. The summed E-state index contributed by atoms with van der Waals surface area (Å²) in [4.78, 5) is 18.8. The zero-order chi connectivity index (χ0) is 17.9. The van der Waals surface area contributed by atoms with Crippen LogP contribution in [0.2, 0.25) is 0 Å². The van der Waals surface area contributed by atoms with Gasteiger partial charge in [0.15, 0.2) is 0 Å². The molecule has 0 aliphatic carbocycles. The Labute approximate surface area is 150 Å². The molecule has 0 heterocycles. The first-order valence-corrected chi connectivity index (χ1v) is 9.06. The smallest absolute Gasteiger partial charge is 0.306 e. The van der Waals surface area contributed by atoms with Crippen molar-refractivity contribution in [2.45, 2.75) is 52.2 Å². The summed E-state index contributed by atoms with van der Waals surface area (Å²) < 4.78 is 0. The van der Waals surface area contributed by atoms with Crippen molar-refractivity contribution in [1.29, 1.82) is 0 Å². The Bertz CT molecular complexity index is 610. The van der Waals surface area contributed by atoms with Crippen molar-refractivity contribution in [3.63, 3.8) is 0 Å². The number of amides is 2. The molecule has 0 saturated heterocycles. The van der Waals surface area contributed by atoms with Gasteiger partial charge in [-0.1, -0.05) is 75.2 Å². The number of nitrogens with zero attached hydrogens (tertiary/aromatic N) is 1. The third-order valence-electron chi connectivity index (χ3n) is 4.01. The van der Waals surface area contributed by atoms with E-state index in [0.717, 1.165) is 36.9 Å². The predicted molar refractivity (Wildman–Crippen MR) is 102 cm³/mol. The molecule has 0 saturated carbocycles. The normalized spacial score (nSPS) is 10.7. The molecule has 2 rings (SSSR count). The Morgan fingerprint density at radius 3 is 2.08 bits per heavy atom. The lowest BCUT2D eigenvalue weighted by molar-refractivity contribution is -0.154. The highest BCUT2D eigenvalue weighted by Crippen LogP contribution is 2.18. The number of urea groups is 1. The summed E-state index contributed by atoms with van der Waals surface area (Å²) in [5.41, 5.74) is 1.82. The van der Waals surface area contributed by atoms with E-state index in [0.29, 0.717) is 6.61 Å². The zero-order valence-electron chi connectivity index (χ0n) is 15.2. The van der Waals surface area contributed by atoms with Crippen LogP contribution in [0.15, 0.2) is 60.7 Å². The van der Waals surface area contributed by atoms with E-state index in [1.54, 1.807) is 0 Å². The standard InChI is InChI=1S/C21H28N2O2/c1-3-11-20(12-4-2)23(25-17-18-13-7-5-8-14-18)21(24)22-19-15-9-6-10-16-19/h5-10,13-16,20H,3-4,11-12,17H2,1-2H3,(H,22,24). The molecule has 2 amide bonds. The fourth-order valence-electron chi connectivity index (χ4n) is 2.79. The van der Waals surface area contributed by atoms with Crippen LogP contribution in [0.4, 0.5) is 10.5 Å². The molecule has 134 valence electrons. The summed E-state index contributed by atoms with van der Waals surface area (Å²) in [6.07, 6.45) is 3.86. The van der Waals surface area contributed by atoms with Crippen LogP contribution >= 0.6 is 0 Å². The first-order valence-electron chi connectivity index (χ1n) is 9.06. The largest absolute Gasteiger partial charge is 0.346 e. The Kier molecular flexibility index (Phi) is 7.99. The summed E-state index contributed by atoms with van der Waals surface area (Å²) >= 11 is 0. The van der Waals surface area contributed by atoms with Gasteiger partial charge in [0.1, 0.15) is 6.61 Å². The number of carbonyl (C=O) groups is 1. The Balaban J connectivity index is 2.10. The average molecular weight is 340 g/mol. The first kappa shape index (κ1) is 19.0. The number of benzene rings is 2. The van der Waals surface area contributed by atoms with Crippen molar-refractivity contribution in [3.8, 4) is 0 Å². The monoisotopic (exact) mass is 340 g/mol. The molecule has 1 N–H and O–H groups in total. The number of hydrogen-bond acceptors (Lipinski definition) is 2. The molecule has 4 heteroatoms. The summed E-state index contributed by atoms with van der Waals surface area (Å²) in [7, 11) is 0.